The minimum absolute atomic E-state index is 0.242. The van der Waals surface area contributed by atoms with Crippen LogP contribution in [0.2, 0.25) is 0 Å². The summed E-state index contributed by atoms with van der Waals surface area (Å²) in [4.78, 5) is 22.2. The molecule has 2 amide bonds. The molecule has 0 spiro atoms. The van der Waals surface area contributed by atoms with E-state index in [-0.39, 0.29) is 5.75 Å². The van der Waals surface area contributed by atoms with Gasteiger partial charge < -0.3 is 10.4 Å². The van der Waals surface area contributed by atoms with Gasteiger partial charge in [0.05, 0.1) is 5.75 Å². The number of unbranched alkanes of at least 4 members (excludes halogenated alkanes) is 1. The van der Waals surface area contributed by atoms with Crippen molar-refractivity contribution in [3.05, 3.63) is 0 Å². The van der Waals surface area contributed by atoms with Gasteiger partial charge in [-0.25, -0.2) is 22.3 Å². The first-order chi connectivity index (χ1) is 7.77. The fourth-order valence-corrected chi connectivity index (χ4v) is 2.94. The second-order valence-electron chi connectivity index (χ2n) is 3.53. The minimum atomic E-state index is -3.90. The average molecular weight is 266 g/mol. The molecule has 0 saturated carbocycles. The van der Waals surface area contributed by atoms with E-state index in [0.717, 1.165) is 6.92 Å². The molecule has 100 valence electrons. The number of rotatable bonds is 6. The lowest BCUT2D eigenvalue weighted by Crippen LogP contribution is -2.51. The van der Waals surface area contributed by atoms with Crippen molar-refractivity contribution < 1.29 is 23.1 Å². The van der Waals surface area contributed by atoms with Crippen LogP contribution in [0.3, 0.4) is 0 Å². The van der Waals surface area contributed by atoms with Crippen LogP contribution in [-0.2, 0) is 14.8 Å². The smallest absolute Gasteiger partial charge is 0.331 e. The molecule has 0 bridgehead atoms. The van der Waals surface area contributed by atoms with Crippen LogP contribution in [-0.4, -0.2) is 48.7 Å². The SMILES string of the molecule is CCCCS(=O)(=O)N(C(=O)NC)[C@H](C)C(=O)O. The molecule has 17 heavy (non-hydrogen) atoms. The summed E-state index contributed by atoms with van der Waals surface area (Å²) in [6, 6.07) is -2.35. The van der Waals surface area contributed by atoms with E-state index in [1.807, 2.05) is 0 Å². The van der Waals surface area contributed by atoms with Crippen LogP contribution in [0.1, 0.15) is 26.7 Å². The normalized spacial score (nSPS) is 12.9. The molecule has 0 aliphatic rings. The largest absolute Gasteiger partial charge is 0.480 e. The number of carbonyl (C=O) groups is 2. The van der Waals surface area contributed by atoms with Crippen LogP contribution in [0.5, 0.6) is 0 Å². The van der Waals surface area contributed by atoms with Gasteiger partial charge in [0.25, 0.3) is 0 Å². The molecule has 0 unspecified atom stereocenters. The Kier molecular flexibility index (Phi) is 5.94. The molecule has 0 aliphatic carbocycles. The molecule has 0 heterocycles. The van der Waals surface area contributed by atoms with Crippen molar-refractivity contribution in [3.8, 4) is 0 Å². The van der Waals surface area contributed by atoms with E-state index in [1.54, 1.807) is 6.92 Å². The first-order valence-electron chi connectivity index (χ1n) is 5.24. The molecule has 0 aromatic heterocycles. The van der Waals surface area contributed by atoms with Crippen LogP contribution >= 0.6 is 0 Å². The summed E-state index contributed by atoms with van der Waals surface area (Å²) < 4.78 is 24.1. The lowest BCUT2D eigenvalue weighted by molar-refractivity contribution is -0.140. The number of nitrogens with one attached hydrogen (secondary N) is 1. The summed E-state index contributed by atoms with van der Waals surface area (Å²) in [6.45, 7) is 2.96. The Morgan fingerprint density at radius 2 is 1.94 bits per heavy atom. The number of urea groups is 1. The third kappa shape index (κ3) is 4.22. The van der Waals surface area contributed by atoms with E-state index in [0.29, 0.717) is 17.1 Å². The van der Waals surface area contributed by atoms with Crippen LogP contribution in [0, 0.1) is 0 Å². The monoisotopic (exact) mass is 266 g/mol. The Morgan fingerprint density at radius 3 is 2.29 bits per heavy atom. The quantitative estimate of drug-likeness (QED) is 0.716. The molecule has 0 aliphatic heterocycles. The number of carbonyl (C=O) groups excluding carboxylic acids is 1. The predicted molar refractivity (Wildman–Crippen MR) is 62.1 cm³/mol. The fraction of sp³-hybridized carbons (Fsp3) is 0.778. The third-order valence-electron chi connectivity index (χ3n) is 2.18. The highest BCUT2D eigenvalue weighted by molar-refractivity contribution is 7.89. The van der Waals surface area contributed by atoms with Crippen LogP contribution in [0.15, 0.2) is 0 Å². The van der Waals surface area contributed by atoms with Crippen LogP contribution in [0.25, 0.3) is 0 Å². The molecule has 7 nitrogen and oxygen atoms in total. The van der Waals surface area contributed by atoms with Gasteiger partial charge in [0.1, 0.15) is 6.04 Å². The second kappa shape index (κ2) is 6.43. The standard InChI is InChI=1S/C9H18N2O5S/c1-4-5-6-17(15,16)11(9(14)10-3)7(2)8(12)13/h7H,4-6H2,1-3H3,(H,10,14)(H,12,13)/t7-/m1/s1. The molecule has 8 heteroatoms. The van der Waals surface area contributed by atoms with Crippen molar-refractivity contribution in [1.29, 1.82) is 0 Å². The molecule has 0 aromatic carbocycles. The first-order valence-corrected chi connectivity index (χ1v) is 6.85. The number of carboxylic acids is 1. The van der Waals surface area contributed by atoms with E-state index >= 15 is 0 Å². The predicted octanol–water partition coefficient (Wildman–Crippen LogP) is 0.231. The maximum absolute atomic E-state index is 11.8. The Bertz CT molecular complexity index is 379. The van der Waals surface area contributed by atoms with Gasteiger partial charge >= 0.3 is 12.0 Å². The molecule has 1 atom stereocenters. The number of carboxylic acid groups (broad SMARTS) is 1. The number of aliphatic carboxylic acids is 1. The molecule has 0 saturated heterocycles. The number of sulfonamides is 1. The van der Waals surface area contributed by atoms with Gasteiger partial charge in [-0.3, -0.25) is 0 Å². The average Bonchev–Trinajstić information content (AvgIpc) is 2.25. The first kappa shape index (κ1) is 15.7. The molecule has 2 N–H and O–H groups in total. The summed E-state index contributed by atoms with van der Waals surface area (Å²) >= 11 is 0. The van der Waals surface area contributed by atoms with Crippen molar-refractivity contribution in [1.82, 2.24) is 9.62 Å². The van der Waals surface area contributed by atoms with Gasteiger partial charge in [-0.1, -0.05) is 13.3 Å². The number of amides is 2. The molecular weight excluding hydrogens is 248 g/mol. The Hall–Kier alpha value is -1.31. The minimum Gasteiger partial charge on any atom is -0.480 e. The van der Waals surface area contributed by atoms with E-state index in [2.05, 4.69) is 5.32 Å². The summed E-state index contributed by atoms with van der Waals surface area (Å²) in [6.07, 6.45) is 1.02. The molecule has 0 fully saturated rings. The summed E-state index contributed by atoms with van der Waals surface area (Å²) in [5, 5.41) is 10.9. The summed E-state index contributed by atoms with van der Waals surface area (Å²) in [5.74, 6) is -1.61. The maximum atomic E-state index is 11.8. The number of nitrogens with zero attached hydrogens (tertiary/aromatic N) is 1. The Balaban J connectivity index is 5.18. The summed E-state index contributed by atoms with van der Waals surface area (Å²) in [7, 11) is -2.65. The highest BCUT2D eigenvalue weighted by atomic mass is 32.2. The molecule has 0 radical (unpaired) electrons. The topological polar surface area (TPSA) is 104 Å². The van der Waals surface area contributed by atoms with Crippen molar-refractivity contribution in [2.45, 2.75) is 32.7 Å². The van der Waals surface area contributed by atoms with Gasteiger partial charge in [-0.2, -0.15) is 0 Å². The zero-order valence-corrected chi connectivity index (χ0v) is 11.0. The van der Waals surface area contributed by atoms with E-state index in [1.165, 1.54) is 7.05 Å². The van der Waals surface area contributed by atoms with Gasteiger partial charge in [-0.05, 0) is 13.3 Å². The fourth-order valence-electron chi connectivity index (χ4n) is 1.18. The number of hydrogen-bond acceptors (Lipinski definition) is 4. The lowest BCUT2D eigenvalue weighted by atomic mass is 10.3. The molecule has 0 aromatic rings. The van der Waals surface area contributed by atoms with Crippen LogP contribution < -0.4 is 5.32 Å². The van der Waals surface area contributed by atoms with Crippen molar-refractivity contribution in [2.24, 2.45) is 0 Å². The highest BCUT2D eigenvalue weighted by Gasteiger charge is 2.34. The Morgan fingerprint density at radius 1 is 1.41 bits per heavy atom. The van der Waals surface area contributed by atoms with Gasteiger partial charge in [-0.15, -0.1) is 0 Å². The van der Waals surface area contributed by atoms with Gasteiger partial charge in [0.15, 0.2) is 0 Å². The van der Waals surface area contributed by atoms with E-state index < -0.39 is 28.1 Å². The van der Waals surface area contributed by atoms with Crippen LogP contribution in [0.4, 0.5) is 4.79 Å². The Labute approximate surface area is 101 Å². The zero-order chi connectivity index (χ0) is 13.6. The van der Waals surface area contributed by atoms with Gasteiger partial charge in [0.2, 0.25) is 10.0 Å². The molecular formula is C9H18N2O5S. The van der Waals surface area contributed by atoms with E-state index in [4.69, 9.17) is 5.11 Å². The highest BCUT2D eigenvalue weighted by Crippen LogP contribution is 2.10. The lowest BCUT2D eigenvalue weighted by Gasteiger charge is -2.25. The van der Waals surface area contributed by atoms with Gasteiger partial charge in [0, 0.05) is 7.05 Å². The van der Waals surface area contributed by atoms with Crippen molar-refractivity contribution in [2.75, 3.05) is 12.8 Å². The molecule has 0 rings (SSSR count). The second-order valence-corrected chi connectivity index (χ2v) is 5.50. The number of hydrogen-bond donors (Lipinski definition) is 2. The maximum Gasteiger partial charge on any atom is 0.331 e. The third-order valence-corrected chi connectivity index (χ3v) is 4.06. The van der Waals surface area contributed by atoms with E-state index in [9.17, 15) is 18.0 Å². The summed E-state index contributed by atoms with van der Waals surface area (Å²) in [5.41, 5.74) is 0. The zero-order valence-electron chi connectivity index (χ0n) is 10.1. The van der Waals surface area contributed by atoms with Crippen molar-refractivity contribution >= 4 is 22.0 Å². The van der Waals surface area contributed by atoms with Crippen molar-refractivity contribution in [3.63, 3.8) is 0 Å².